The molecular weight excluding hydrogens is 443 g/mol. The number of anilines is 2. The number of nitrogens with one attached hydrogen (secondary N) is 2. The molecule has 4 heterocycles. The first-order valence-corrected chi connectivity index (χ1v) is 11.2. The van der Waals surface area contributed by atoms with Gasteiger partial charge in [0.05, 0.1) is 5.69 Å². The lowest BCUT2D eigenvalue weighted by Gasteiger charge is -2.26. The summed E-state index contributed by atoms with van der Waals surface area (Å²) < 4.78 is 0. The molecule has 156 valence electrons. The second-order valence-electron chi connectivity index (χ2n) is 6.97. The van der Waals surface area contributed by atoms with E-state index in [1.807, 2.05) is 12.1 Å². The highest BCUT2D eigenvalue weighted by atomic mass is 35.5. The molecule has 1 fully saturated rings. The molecule has 3 aromatic rings. The van der Waals surface area contributed by atoms with E-state index in [1.54, 1.807) is 23.6 Å². The molecule has 0 bridgehead atoms. The summed E-state index contributed by atoms with van der Waals surface area (Å²) in [4.78, 5) is 27.7. The van der Waals surface area contributed by atoms with Crippen LogP contribution in [0.4, 0.5) is 16.4 Å². The standard InChI is InChI=1S/C20H20Cl2N6OS/c21-15-9-13(10-16(22)24-15)19-25-18(12-30-19)27-20(29)26-17-6-4-5-14(23-17)11-28-7-2-1-3-8-28/h4-6,9-10,12H,1-3,7-8,11H2,(H2,23,26,27,29). The molecule has 0 unspecified atom stereocenters. The number of carbonyl (C=O) groups excluding carboxylic acids is 1. The van der Waals surface area contributed by atoms with Gasteiger partial charge in [-0.1, -0.05) is 35.7 Å². The second kappa shape index (κ2) is 9.70. The zero-order valence-electron chi connectivity index (χ0n) is 16.1. The Balaban J connectivity index is 1.37. The normalized spacial score (nSPS) is 14.5. The van der Waals surface area contributed by atoms with E-state index in [4.69, 9.17) is 23.2 Å². The van der Waals surface area contributed by atoms with E-state index < -0.39 is 6.03 Å². The zero-order chi connectivity index (χ0) is 20.9. The third-order valence-electron chi connectivity index (χ3n) is 4.64. The van der Waals surface area contributed by atoms with Crippen LogP contribution in [0.5, 0.6) is 0 Å². The van der Waals surface area contributed by atoms with Gasteiger partial charge in [-0.15, -0.1) is 11.3 Å². The van der Waals surface area contributed by atoms with Crippen LogP contribution < -0.4 is 10.6 Å². The Hall–Kier alpha value is -2.26. The van der Waals surface area contributed by atoms with Gasteiger partial charge >= 0.3 is 6.03 Å². The molecule has 4 rings (SSSR count). The molecule has 1 aliphatic heterocycles. The van der Waals surface area contributed by atoms with Crippen LogP contribution >= 0.6 is 34.5 Å². The van der Waals surface area contributed by atoms with Crippen molar-refractivity contribution in [1.82, 2.24) is 19.9 Å². The number of aromatic nitrogens is 3. The number of urea groups is 1. The molecule has 30 heavy (non-hydrogen) atoms. The lowest BCUT2D eigenvalue weighted by molar-refractivity contribution is 0.218. The number of halogens is 2. The molecule has 0 saturated carbocycles. The smallest absolute Gasteiger partial charge is 0.298 e. The molecule has 1 aliphatic rings. The van der Waals surface area contributed by atoms with Gasteiger partial charge in [0.15, 0.2) is 0 Å². The monoisotopic (exact) mass is 462 g/mol. The number of pyridine rings is 2. The van der Waals surface area contributed by atoms with Crippen LogP contribution in [0.1, 0.15) is 25.0 Å². The van der Waals surface area contributed by atoms with Gasteiger partial charge in [0.25, 0.3) is 0 Å². The van der Waals surface area contributed by atoms with Crippen LogP contribution in [-0.4, -0.2) is 39.0 Å². The van der Waals surface area contributed by atoms with Crippen molar-refractivity contribution >= 4 is 52.2 Å². The number of nitrogens with zero attached hydrogens (tertiary/aromatic N) is 4. The molecule has 1 saturated heterocycles. The van der Waals surface area contributed by atoms with E-state index in [0.717, 1.165) is 30.9 Å². The molecule has 2 amide bonds. The molecule has 0 aromatic carbocycles. The number of likely N-dealkylation sites (tertiary alicyclic amines) is 1. The summed E-state index contributed by atoms with van der Waals surface area (Å²) in [6.45, 7) is 2.99. The minimum absolute atomic E-state index is 0.287. The van der Waals surface area contributed by atoms with E-state index in [0.29, 0.717) is 16.6 Å². The summed E-state index contributed by atoms with van der Waals surface area (Å²) in [5, 5.41) is 8.50. The van der Waals surface area contributed by atoms with Crippen molar-refractivity contribution in [3.63, 3.8) is 0 Å². The van der Waals surface area contributed by atoms with Crippen LogP contribution in [-0.2, 0) is 6.54 Å². The molecule has 0 aliphatic carbocycles. The zero-order valence-corrected chi connectivity index (χ0v) is 18.4. The quantitative estimate of drug-likeness (QED) is 0.486. The minimum Gasteiger partial charge on any atom is -0.298 e. The number of carbonyl (C=O) groups is 1. The number of amides is 2. The number of piperidine rings is 1. The summed E-state index contributed by atoms with van der Waals surface area (Å²) in [6, 6.07) is 8.60. The predicted molar refractivity (Wildman–Crippen MR) is 121 cm³/mol. The van der Waals surface area contributed by atoms with Crippen LogP contribution in [0.3, 0.4) is 0 Å². The first-order chi connectivity index (χ1) is 14.5. The van der Waals surface area contributed by atoms with Crippen molar-refractivity contribution in [2.24, 2.45) is 0 Å². The minimum atomic E-state index is -0.403. The molecular formula is C20H20Cl2N6OS. The highest BCUT2D eigenvalue weighted by Crippen LogP contribution is 2.29. The van der Waals surface area contributed by atoms with Gasteiger partial charge in [-0.05, 0) is 50.2 Å². The Morgan fingerprint density at radius 3 is 2.50 bits per heavy atom. The van der Waals surface area contributed by atoms with Crippen LogP contribution in [0.25, 0.3) is 10.6 Å². The number of hydrogen-bond donors (Lipinski definition) is 2. The summed E-state index contributed by atoms with van der Waals surface area (Å²) in [5.74, 6) is 0.936. The number of rotatable bonds is 5. The van der Waals surface area contributed by atoms with Crippen molar-refractivity contribution in [3.05, 3.63) is 51.7 Å². The van der Waals surface area contributed by atoms with Crippen molar-refractivity contribution in [2.75, 3.05) is 23.7 Å². The van der Waals surface area contributed by atoms with Gasteiger partial charge in [-0.3, -0.25) is 15.5 Å². The van der Waals surface area contributed by atoms with Gasteiger partial charge in [-0.25, -0.2) is 19.7 Å². The molecule has 3 aromatic heterocycles. The Morgan fingerprint density at radius 1 is 1.00 bits per heavy atom. The number of thiazole rings is 1. The molecule has 0 atom stereocenters. The highest BCUT2D eigenvalue weighted by Gasteiger charge is 2.13. The Morgan fingerprint density at radius 2 is 1.73 bits per heavy atom. The topological polar surface area (TPSA) is 83.0 Å². The van der Waals surface area contributed by atoms with E-state index in [2.05, 4.69) is 30.5 Å². The number of hydrogen-bond acceptors (Lipinski definition) is 6. The fourth-order valence-electron chi connectivity index (χ4n) is 3.30. The van der Waals surface area contributed by atoms with E-state index >= 15 is 0 Å². The van der Waals surface area contributed by atoms with Gasteiger partial charge in [0.2, 0.25) is 0 Å². The fraction of sp³-hybridized carbons (Fsp3) is 0.300. The highest BCUT2D eigenvalue weighted by molar-refractivity contribution is 7.13. The van der Waals surface area contributed by atoms with Crippen molar-refractivity contribution in [2.45, 2.75) is 25.8 Å². The fourth-order valence-corrected chi connectivity index (χ4v) is 4.50. The molecule has 10 heteroatoms. The summed E-state index contributed by atoms with van der Waals surface area (Å²) in [7, 11) is 0. The van der Waals surface area contributed by atoms with E-state index in [9.17, 15) is 4.79 Å². The summed E-state index contributed by atoms with van der Waals surface area (Å²) >= 11 is 13.3. The second-order valence-corrected chi connectivity index (χ2v) is 8.60. The van der Waals surface area contributed by atoms with Crippen molar-refractivity contribution in [3.8, 4) is 10.6 Å². The van der Waals surface area contributed by atoms with Crippen LogP contribution in [0.15, 0.2) is 35.7 Å². The van der Waals surface area contributed by atoms with E-state index in [-0.39, 0.29) is 10.3 Å². The third kappa shape index (κ3) is 5.66. The Labute approximate surface area is 188 Å². The van der Waals surface area contributed by atoms with Gasteiger partial charge in [0.1, 0.15) is 26.9 Å². The van der Waals surface area contributed by atoms with Crippen molar-refractivity contribution < 1.29 is 4.79 Å². The van der Waals surface area contributed by atoms with Crippen molar-refractivity contribution in [1.29, 1.82) is 0 Å². The third-order valence-corrected chi connectivity index (χ3v) is 5.92. The molecule has 0 radical (unpaired) electrons. The van der Waals surface area contributed by atoms with Gasteiger partial charge in [0, 0.05) is 17.5 Å². The molecule has 7 nitrogen and oxygen atoms in total. The average Bonchev–Trinajstić information content (AvgIpc) is 3.17. The van der Waals surface area contributed by atoms with Crippen LogP contribution in [0.2, 0.25) is 10.3 Å². The summed E-state index contributed by atoms with van der Waals surface area (Å²) in [5.41, 5.74) is 1.68. The van der Waals surface area contributed by atoms with Crippen LogP contribution in [0, 0.1) is 0 Å². The SMILES string of the molecule is O=C(Nc1cccc(CN2CCCCC2)n1)Nc1csc(-c2cc(Cl)nc(Cl)c2)n1. The maximum Gasteiger partial charge on any atom is 0.326 e. The molecule has 0 spiro atoms. The average molecular weight is 463 g/mol. The first kappa shape index (κ1) is 21.0. The van der Waals surface area contributed by atoms with Gasteiger partial charge in [-0.2, -0.15) is 0 Å². The summed E-state index contributed by atoms with van der Waals surface area (Å²) in [6.07, 6.45) is 3.76. The predicted octanol–water partition coefficient (Wildman–Crippen LogP) is 5.54. The first-order valence-electron chi connectivity index (χ1n) is 9.60. The Bertz CT molecular complexity index is 1020. The molecule has 2 N–H and O–H groups in total. The maximum absolute atomic E-state index is 12.4. The van der Waals surface area contributed by atoms with E-state index in [1.165, 1.54) is 30.6 Å². The van der Waals surface area contributed by atoms with Gasteiger partial charge < -0.3 is 0 Å². The largest absolute Gasteiger partial charge is 0.326 e. The lowest BCUT2D eigenvalue weighted by atomic mass is 10.1. The maximum atomic E-state index is 12.4. The lowest BCUT2D eigenvalue weighted by Crippen LogP contribution is -2.29. The Kier molecular flexibility index (Phi) is 6.79.